The van der Waals surface area contributed by atoms with Gasteiger partial charge in [-0.05, 0) is 43.6 Å². The molecule has 1 aliphatic rings. The molecule has 1 aliphatic heterocycles. The molecule has 1 fully saturated rings. The highest BCUT2D eigenvalue weighted by atomic mass is 16.5. The number of ether oxygens (including phenoxy) is 2. The van der Waals surface area contributed by atoms with E-state index in [9.17, 15) is 0 Å². The maximum atomic E-state index is 5.34. The van der Waals surface area contributed by atoms with Crippen LogP contribution >= 0.6 is 0 Å². The molecule has 2 N–H and O–H groups in total. The van der Waals surface area contributed by atoms with Crippen LogP contribution in [-0.4, -0.2) is 42.5 Å². The second kappa shape index (κ2) is 6.79. The van der Waals surface area contributed by atoms with Crippen LogP contribution in [0.25, 0.3) is 0 Å². The lowest BCUT2D eigenvalue weighted by atomic mass is 9.98. The Morgan fingerprint density at radius 3 is 2.64 bits per heavy atom. The zero-order valence-electron chi connectivity index (χ0n) is 13.1. The van der Waals surface area contributed by atoms with E-state index in [1.165, 1.54) is 0 Å². The van der Waals surface area contributed by atoms with Crippen molar-refractivity contribution in [3.05, 3.63) is 35.4 Å². The first-order chi connectivity index (χ1) is 10.8. The van der Waals surface area contributed by atoms with Crippen molar-refractivity contribution in [1.82, 2.24) is 20.5 Å². The van der Waals surface area contributed by atoms with Gasteiger partial charge in [0.05, 0.1) is 14.2 Å². The van der Waals surface area contributed by atoms with Crippen molar-refractivity contribution in [2.75, 3.05) is 27.3 Å². The number of H-pyrrole nitrogens is 1. The summed E-state index contributed by atoms with van der Waals surface area (Å²) in [4.78, 5) is 4.66. The van der Waals surface area contributed by atoms with Crippen LogP contribution in [0.4, 0.5) is 0 Å². The molecule has 0 spiro atoms. The molecule has 0 bridgehead atoms. The van der Waals surface area contributed by atoms with E-state index in [0.717, 1.165) is 54.6 Å². The Hall–Kier alpha value is -2.08. The lowest BCUT2D eigenvalue weighted by Crippen LogP contribution is -2.27. The number of rotatable bonds is 5. The van der Waals surface area contributed by atoms with Gasteiger partial charge in [0.15, 0.2) is 17.3 Å². The number of aromatic nitrogens is 3. The quantitative estimate of drug-likeness (QED) is 0.882. The highest BCUT2D eigenvalue weighted by Gasteiger charge is 2.19. The molecule has 0 atom stereocenters. The molecule has 2 heterocycles. The predicted octanol–water partition coefficient (Wildman–Crippen LogP) is 1.88. The van der Waals surface area contributed by atoms with Gasteiger partial charge in [-0.2, -0.15) is 5.10 Å². The first-order valence-corrected chi connectivity index (χ1v) is 7.63. The van der Waals surface area contributed by atoms with Gasteiger partial charge in [-0.15, -0.1) is 0 Å². The van der Waals surface area contributed by atoms with Crippen molar-refractivity contribution < 1.29 is 9.47 Å². The van der Waals surface area contributed by atoms with E-state index in [-0.39, 0.29) is 0 Å². The zero-order chi connectivity index (χ0) is 15.4. The minimum absolute atomic E-state index is 0.469. The summed E-state index contributed by atoms with van der Waals surface area (Å²) in [5, 5.41) is 10.8. The molecule has 118 valence electrons. The summed E-state index contributed by atoms with van der Waals surface area (Å²) < 4.78 is 10.6. The maximum Gasteiger partial charge on any atom is 0.161 e. The van der Waals surface area contributed by atoms with Gasteiger partial charge >= 0.3 is 0 Å². The van der Waals surface area contributed by atoms with Gasteiger partial charge in [0.25, 0.3) is 0 Å². The average Bonchev–Trinajstić information content (AvgIpc) is 3.04. The summed E-state index contributed by atoms with van der Waals surface area (Å²) >= 11 is 0. The Bertz CT molecular complexity index is 620. The lowest BCUT2D eigenvalue weighted by molar-refractivity contribution is 0.354. The molecule has 0 unspecified atom stereocenters. The van der Waals surface area contributed by atoms with Crippen LogP contribution in [0.2, 0.25) is 0 Å². The smallest absolute Gasteiger partial charge is 0.161 e. The van der Waals surface area contributed by atoms with Gasteiger partial charge < -0.3 is 14.8 Å². The topological polar surface area (TPSA) is 72.1 Å². The normalized spacial score (nSPS) is 15.7. The van der Waals surface area contributed by atoms with Crippen molar-refractivity contribution in [3.63, 3.8) is 0 Å². The van der Waals surface area contributed by atoms with Gasteiger partial charge in [-0.1, -0.05) is 6.07 Å². The number of piperidine rings is 1. The first kappa shape index (κ1) is 14.8. The van der Waals surface area contributed by atoms with Crippen molar-refractivity contribution in [3.8, 4) is 11.5 Å². The molecule has 6 nitrogen and oxygen atoms in total. The van der Waals surface area contributed by atoms with Gasteiger partial charge in [-0.3, -0.25) is 5.10 Å². The Kier molecular flexibility index (Phi) is 4.58. The summed E-state index contributed by atoms with van der Waals surface area (Å²) in [5.74, 6) is 3.77. The number of hydrogen-bond acceptors (Lipinski definition) is 5. The third-order valence-electron chi connectivity index (χ3n) is 4.07. The van der Waals surface area contributed by atoms with Gasteiger partial charge in [0, 0.05) is 12.3 Å². The Morgan fingerprint density at radius 2 is 1.91 bits per heavy atom. The molecule has 0 aliphatic carbocycles. The largest absolute Gasteiger partial charge is 0.493 e. The number of aromatic amines is 1. The molecule has 22 heavy (non-hydrogen) atoms. The zero-order valence-corrected chi connectivity index (χ0v) is 13.1. The van der Waals surface area contributed by atoms with Crippen molar-refractivity contribution in [2.24, 2.45) is 0 Å². The average molecular weight is 302 g/mol. The minimum atomic E-state index is 0.469. The fourth-order valence-electron chi connectivity index (χ4n) is 2.84. The van der Waals surface area contributed by atoms with Crippen LogP contribution in [0.1, 0.15) is 36.0 Å². The van der Waals surface area contributed by atoms with Crippen LogP contribution in [0.5, 0.6) is 11.5 Å². The van der Waals surface area contributed by atoms with E-state index in [0.29, 0.717) is 12.3 Å². The number of hydrogen-bond donors (Lipinski definition) is 2. The lowest BCUT2D eigenvalue weighted by Gasteiger charge is -2.19. The molecule has 3 rings (SSSR count). The van der Waals surface area contributed by atoms with Crippen LogP contribution in [0.3, 0.4) is 0 Å². The molecule has 6 heteroatoms. The summed E-state index contributed by atoms with van der Waals surface area (Å²) in [6.45, 7) is 2.09. The van der Waals surface area contributed by atoms with Crippen LogP contribution < -0.4 is 14.8 Å². The fourth-order valence-corrected chi connectivity index (χ4v) is 2.84. The van der Waals surface area contributed by atoms with Crippen LogP contribution in [-0.2, 0) is 6.42 Å². The molecule has 1 aromatic heterocycles. The monoisotopic (exact) mass is 302 g/mol. The molecule has 1 aromatic carbocycles. The Morgan fingerprint density at radius 1 is 1.14 bits per heavy atom. The van der Waals surface area contributed by atoms with Crippen LogP contribution in [0.15, 0.2) is 18.2 Å². The Balaban J connectivity index is 1.72. The molecule has 1 saturated heterocycles. The van der Waals surface area contributed by atoms with Crippen molar-refractivity contribution in [2.45, 2.75) is 25.2 Å². The van der Waals surface area contributed by atoms with E-state index < -0.39 is 0 Å². The summed E-state index contributed by atoms with van der Waals surface area (Å²) in [7, 11) is 3.28. The number of benzene rings is 1. The van der Waals surface area contributed by atoms with E-state index in [1.54, 1.807) is 14.2 Å². The molecular formula is C16H22N4O2. The highest BCUT2D eigenvalue weighted by Crippen LogP contribution is 2.28. The maximum absolute atomic E-state index is 5.34. The van der Waals surface area contributed by atoms with Gasteiger partial charge in [0.2, 0.25) is 0 Å². The minimum Gasteiger partial charge on any atom is -0.493 e. The van der Waals surface area contributed by atoms with E-state index in [1.807, 2.05) is 18.2 Å². The van der Waals surface area contributed by atoms with E-state index in [2.05, 4.69) is 20.5 Å². The predicted molar refractivity (Wildman–Crippen MR) is 83.6 cm³/mol. The SMILES string of the molecule is COc1ccc(Cc2nc(C3CCNCC3)n[nH]2)cc1OC. The molecule has 0 saturated carbocycles. The van der Waals surface area contributed by atoms with E-state index >= 15 is 0 Å². The van der Waals surface area contributed by atoms with Gasteiger partial charge in [-0.25, -0.2) is 4.98 Å². The first-order valence-electron chi connectivity index (χ1n) is 7.63. The van der Waals surface area contributed by atoms with Gasteiger partial charge in [0.1, 0.15) is 5.82 Å². The highest BCUT2D eigenvalue weighted by molar-refractivity contribution is 5.43. The van der Waals surface area contributed by atoms with Crippen LogP contribution in [0, 0.1) is 0 Å². The standard InChI is InChI=1S/C16H22N4O2/c1-21-13-4-3-11(9-14(13)22-2)10-15-18-16(20-19-15)12-5-7-17-8-6-12/h3-4,9,12,17H,5-8,10H2,1-2H3,(H,18,19,20). The third-order valence-corrected chi connectivity index (χ3v) is 4.07. The third kappa shape index (κ3) is 3.22. The summed E-state index contributed by atoms with van der Waals surface area (Å²) in [6, 6.07) is 5.91. The number of nitrogens with zero attached hydrogens (tertiary/aromatic N) is 2. The Labute approximate surface area is 130 Å². The van der Waals surface area contributed by atoms with Crippen molar-refractivity contribution in [1.29, 1.82) is 0 Å². The molecule has 0 radical (unpaired) electrons. The van der Waals surface area contributed by atoms with Crippen molar-refractivity contribution >= 4 is 0 Å². The molecular weight excluding hydrogens is 280 g/mol. The van der Waals surface area contributed by atoms with E-state index in [4.69, 9.17) is 9.47 Å². The second-order valence-corrected chi connectivity index (χ2v) is 5.53. The molecule has 2 aromatic rings. The fraction of sp³-hybridized carbons (Fsp3) is 0.500. The second-order valence-electron chi connectivity index (χ2n) is 5.53. The number of nitrogens with one attached hydrogen (secondary N) is 2. The molecule has 0 amide bonds. The summed E-state index contributed by atoms with van der Waals surface area (Å²) in [6.07, 6.45) is 2.92. The number of methoxy groups -OCH3 is 2. The summed E-state index contributed by atoms with van der Waals surface area (Å²) in [5.41, 5.74) is 1.12.